The van der Waals surface area contributed by atoms with Crippen molar-refractivity contribution in [2.75, 3.05) is 13.2 Å². The lowest BCUT2D eigenvalue weighted by atomic mass is 10.1. The van der Waals surface area contributed by atoms with Crippen molar-refractivity contribution >= 4 is 5.91 Å². The van der Waals surface area contributed by atoms with Gasteiger partial charge in [-0.25, -0.2) is 0 Å². The van der Waals surface area contributed by atoms with Crippen molar-refractivity contribution in [2.45, 2.75) is 6.61 Å². The van der Waals surface area contributed by atoms with E-state index in [1.165, 1.54) is 0 Å². The van der Waals surface area contributed by atoms with Gasteiger partial charge < -0.3 is 16.2 Å². The lowest BCUT2D eigenvalue weighted by molar-refractivity contribution is 0.0988. The summed E-state index contributed by atoms with van der Waals surface area (Å²) < 4.78 is 5.23. The number of benzene rings is 1. The van der Waals surface area contributed by atoms with E-state index in [4.69, 9.17) is 16.2 Å². The third-order valence-electron chi connectivity index (χ3n) is 1.80. The minimum Gasteiger partial charge on any atom is -0.375 e. The zero-order valence-electron chi connectivity index (χ0n) is 7.90. The van der Waals surface area contributed by atoms with Crippen LogP contribution in [0.1, 0.15) is 15.9 Å². The van der Waals surface area contributed by atoms with Crippen LogP contribution < -0.4 is 11.5 Å². The highest BCUT2D eigenvalue weighted by atomic mass is 16.5. The van der Waals surface area contributed by atoms with Crippen LogP contribution in [0.5, 0.6) is 0 Å². The first-order chi connectivity index (χ1) is 6.75. The summed E-state index contributed by atoms with van der Waals surface area (Å²) in [5, 5.41) is 0. The molecule has 0 aliphatic heterocycles. The predicted molar refractivity (Wildman–Crippen MR) is 53.7 cm³/mol. The van der Waals surface area contributed by atoms with Crippen molar-refractivity contribution in [1.82, 2.24) is 0 Å². The van der Waals surface area contributed by atoms with E-state index < -0.39 is 5.91 Å². The van der Waals surface area contributed by atoms with E-state index in [0.29, 0.717) is 25.3 Å². The molecule has 1 amide bonds. The number of rotatable bonds is 5. The van der Waals surface area contributed by atoms with Gasteiger partial charge in [0.05, 0.1) is 13.2 Å². The fourth-order valence-electron chi connectivity index (χ4n) is 1.15. The Morgan fingerprint density at radius 2 is 2.07 bits per heavy atom. The van der Waals surface area contributed by atoms with Gasteiger partial charge in [0.1, 0.15) is 0 Å². The highest BCUT2D eigenvalue weighted by Gasteiger charge is 2.06. The second-order valence-corrected chi connectivity index (χ2v) is 2.86. The number of nitrogens with two attached hydrogens (primary N) is 2. The summed E-state index contributed by atoms with van der Waals surface area (Å²) in [7, 11) is 0. The molecule has 14 heavy (non-hydrogen) atoms. The Kier molecular flexibility index (Phi) is 4.10. The number of carbonyl (C=O) groups excluding carboxylic acids is 1. The van der Waals surface area contributed by atoms with E-state index in [1.807, 2.05) is 12.1 Å². The summed E-state index contributed by atoms with van der Waals surface area (Å²) in [6.45, 7) is 1.32. The van der Waals surface area contributed by atoms with Crippen LogP contribution in [0.25, 0.3) is 0 Å². The standard InChI is InChI=1S/C10H14N2O2/c11-5-6-14-7-8-3-1-2-4-9(8)10(12)13/h1-4H,5-7,11H2,(H2,12,13). The lowest BCUT2D eigenvalue weighted by Crippen LogP contribution is -2.15. The van der Waals surface area contributed by atoms with Crippen LogP contribution >= 0.6 is 0 Å². The van der Waals surface area contributed by atoms with E-state index in [0.717, 1.165) is 5.56 Å². The summed E-state index contributed by atoms with van der Waals surface area (Å²) >= 11 is 0. The summed E-state index contributed by atoms with van der Waals surface area (Å²) in [5.74, 6) is -0.433. The first kappa shape index (κ1) is 10.7. The molecule has 0 heterocycles. The molecule has 0 atom stereocenters. The van der Waals surface area contributed by atoms with Gasteiger partial charge in [-0.05, 0) is 11.6 Å². The van der Waals surface area contributed by atoms with Crippen LogP contribution in [0, 0.1) is 0 Å². The normalized spacial score (nSPS) is 10.1. The Hall–Kier alpha value is -1.39. The molecule has 0 saturated carbocycles. The SMILES string of the molecule is NCCOCc1ccccc1C(N)=O. The Labute approximate surface area is 82.8 Å². The van der Waals surface area contributed by atoms with Crippen LogP contribution in [0.15, 0.2) is 24.3 Å². The first-order valence-electron chi connectivity index (χ1n) is 4.41. The average molecular weight is 194 g/mol. The van der Waals surface area contributed by atoms with Crippen LogP contribution in [-0.2, 0) is 11.3 Å². The molecule has 4 N–H and O–H groups in total. The predicted octanol–water partition coefficient (Wildman–Crippen LogP) is 0.261. The first-order valence-corrected chi connectivity index (χ1v) is 4.41. The van der Waals surface area contributed by atoms with Crippen molar-refractivity contribution in [2.24, 2.45) is 11.5 Å². The number of hydrogen-bond donors (Lipinski definition) is 2. The van der Waals surface area contributed by atoms with E-state index >= 15 is 0 Å². The van der Waals surface area contributed by atoms with Gasteiger partial charge in [0, 0.05) is 12.1 Å². The fourth-order valence-corrected chi connectivity index (χ4v) is 1.15. The van der Waals surface area contributed by atoms with Crippen molar-refractivity contribution in [3.05, 3.63) is 35.4 Å². The van der Waals surface area contributed by atoms with E-state index in [2.05, 4.69) is 0 Å². The zero-order chi connectivity index (χ0) is 10.4. The second-order valence-electron chi connectivity index (χ2n) is 2.86. The molecule has 0 aliphatic carbocycles. The highest BCUT2D eigenvalue weighted by molar-refractivity contribution is 5.94. The largest absolute Gasteiger partial charge is 0.375 e. The zero-order valence-corrected chi connectivity index (χ0v) is 7.90. The lowest BCUT2D eigenvalue weighted by Gasteiger charge is -2.06. The molecule has 0 bridgehead atoms. The number of hydrogen-bond acceptors (Lipinski definition) is 3. The maximum Gasteiger partial charge on any atom is 0.249 e. The van der Waals surface area contributed by atoms with Gasteiger partial charge in [0.25, 0.3) is 0 Å². The molecular weight excluding hydrogens is 180 g/mol. The molecular formula is C10H14N2O2. The number of carbonyl (C=O) groups is 1. The van der Waals surface area contributed by atoms with Gasteiger partial charge in [-0.2, -0.15) is 0 Å². The minimum absolute atomic E-state index is 0.371. The van der Waals surface area contributed by atoms with Crippen molar-refractivity contribution < 1.29 is 9.53 Å². The maximum absolute atomic E-state index is 11.0. The Bertz CT molecular complexity index is 313. The third kappa shape index (κ3) is 2.83. The molecule has 0 aliphatic rings. The Morgan fingerprint density at radius 1 is 1.36 bits per heavy atom. The summed E-state index contributed by atoms with van der Waals surface area (Å²) in [4.78, 5) is 11.0. The molecule has 0 radical (unpaired) electrons. The smallest absolute Gasteiger partial charge is 0.249 e. The van der Waals surface area contributed by atoms with E-state index in [1.54, 1.807) is 12.1 Å². The van der Waals surface area contributed by atoms with Crippen LogP contribution in [-0.4, -0.2) is 19.1 Å². The number of primary amides is 1. The van der Waals surface area contributed by atoms with Crippen molar-refractivity contribution in [3.8, 4) is 0 Å². The summed E-state index contributed by atoms with van der Waals surface area (Å²) in [5.41, 5.74) is 11.8. The van der Waals surface area contributed by atoms with Gasteiger partial charge in [-0.3, -0.25) is 4.79 Å². The van der Waals surface area contributed by atoms with Crippen LogP contribution in [0.4, 0.5) is 0 Å². The second kappa shape index (κ2) is 5.36. The quantitative estimate of drug-likeness (QED) is 0.660. The Balaban J connectivity index is 2.69. The molecule has 4 nitrogen and oxygen atoms in total. The van der Waals surface area contributed by atoms with E-state index in [-0.39, 0.29) is 0 Å². The van der Waals surface area contributed by atoms with E-state index in [9.17, 15) is 4.79 Å². The molecule has 4 heteroatoms. The van der Waals surface area contributed by atoms with Gasteiger partial charge in [-0.15, -0.1) is 0 Å². The van der Waals surface area contributed by atoms with Gasteiger partial charge in [0.2, 0.25) is 5.91 Å². The maximum atomic E-state index is 11.0. The van der Waals surface area contributed by atoms with Gasteiger partial charge >= 0.3 is 0 Å². The number of ether oxygens (including phenoxy) is 1. The molecule has 0 unspecified atom stereocenters. The topological polar surface area (TPSA) is 78.3 Å². The molecule has 1 rings (SSSR count). The summed E-state index contributed by atoms with van der Waals surface area (Å²) in [6.07, 6.45) is 0. The minimum atomic E-state index is -0.433. The average Bonchev–Trinajstić information content (AvgIpc) is 2.19. The number of amides is 1. The van der Waals surface area contributed by atoms with Crippen molar-refractivity contribution in [3.63, 3.8) is 0 Å². The Morgan fingerprint density at radius 3 is 2.71 bits per heavy atom. The molecule has 1 aromatic rings. The summed E-state index contributed by atoms with van der Waals surface area (Å²) in [6, 6.07) is 7.11. The van der Waals surface area contributed by atoms with Gasteiger partial charge in [-0.1, -0.05) is 18.2 Å². The molecule has 0 spiro atoms. The molecule has 0 aromatic heterocycles. The van der Waals surface area contributed by atoms with Crippen LogP contribution in [0.3, 0.4) is 0 Å². The molecule has 0 fully saturated rings. The fraction of sp³-hybridized carbons (Fsp3) is 0.300. The third-order valence-corrected chi connectivity index (χ3v) is 1.80. The van der Waals surface area contributed by atoms with Gasteiger partial charge in [0.15, 0.2) is 0 Å². The van der Waals surface area contributed by atoms with Crippen molar-refractivity contribution in [1.29, 1.82) is 0 Å². The molecule has 76 valence electrons. The molecule has 1 aromatic carbocycles. The molecule has 0 saturated heterocycles. The monoisotopic (exact) mass is 194 g/mol. The highest BCUT2D eigenvalue weighted by Crippen LogP contribution is 2.08. The van der Waals surface area contributed by atoms with Crippen LogP contribution in [0.2, 0.25) is 0 Å².